The van der Waals surface area contributed by atoms with E-state index in [9.17, 15) is 4.79 Å². The highest BCUT2D eigenvalue weighted by molar-refractivity contribution is 7.10. The number of esters is 1. The summed E-state index contributed by atoms with van der Waals surface area (Å²) in [5, 5.41) is 2.02. The van der Waals surface area contributed by atoms with Crippen molar-refractivity contribution in [2.24, 2.45) is 0 Å². The molecule has 1 aromatic heterocycles. The fourth-order valence-corrected chi connectivity index (χ4v) is 2.63. The minimum absolute atomic E-state index is 0.0741. The van der Waals surface area contributed by atoms with E-state index in [1.54, 1.807) is 11.3 Å². The molecule has 0 saturated heterocycles. The summed E-state index contributed by atoms with van der Waals surface area (Å²) in [5.41, 5.74) is 1.17. The highest BCUT2D eigenvalue weighted by atomic mass is 32.1. The summed E-state index contributed by atoms with van der Waals surface area (Å²) in [6, 6.07) is 2.04. The van der Waals surface area contributed by atoms with E-state index >= 15 is 0 Å². The van der Waals surface area contributed by atoms with E-state index in [1.165, 1.54) is 5.56 Å². The van der Waals surface area contributed by atoms with Gasteiger partial charge in [0, 0.05) is 4.88 Å². The summed E-state index contributed by atoms with van der Waals surface area (Å²) in [7, 11) is 0. The molecule has 3 heteroatoms. The molecule has 1 aliphatic rings. The van der Waals surface area contributed by atoms with Crippen LogP contribution in [0.5, 0.6) is 0 Å². The minimum atomic E-state index is -0.0967. The molecule has 0 aliphatic heterocycles. The largest absolute Gasteiger partial charge is 0.465 e. The Morgan fingerprint density at radius 3 is 3.36 bits per heavy atom. The summed E-state index contributed by atoms with van der Waals surface area (Å²) in [5.74, 6) is -0.171. The molecule has 1 unspecified atom stereocenters. The molecule has 74 valence electrons. The van der Waals surface area contributed by atoms with Crippen molar-refractivity contribution in [3.8, 4) is 0 Å². The number of fused-ring (bicyclic) bond motifs is 1. The molecule has 1 aliphatic carbocycles. The number of thiophene rings is 1. The maximum atomic E-state index is 11.6. The summed E-state index contributed by atoms with van der Waals surface area (Å²) in [4.78, 5) is 12.8. The molecule has 2 nitrogen and oxygen atoms in total. The quantitative estimate of drug-likeness (QED) is 0.698. The van der Waals surface area contributed by atoms with Gasteiger partial charge < -0.3 is 4.74 Å². The average molecular weight is 208 g/mol. The van der Waals surface area contributed by atoms with Crippen molar-refractivity contribution < 1.29 is 9.53 Å². The lowest BCUT2D eigenvalue weighted by Crippen LogP contribution is -2.16. The first kappa shape index (κ1) is 9.46. The molecular weight excluding hydrogens is 196 g/mol. The number of allylic oxidation sites excluding steroid dienone is 1. The summed E-state index contributed by atoms with van der Waals surface area (Å²) in [6.07, 6.45) is 4.88. The van der Waals surface area contributed by atoms with Crippen LogP contribution in [0.4, 0.5) is 0 Å². The lowest BCUT2D eigenvalue weighted by molar-refractivity contribution is -0.144. The predicted octanol–water partition coefficient (Wildman–Crippen LogP) is 2.81. The van der Waals surface area contributed by atoms with Crippen molar-refractivity contribution in [3.05, 3.63) is 28.0 Å². The summed E-state index contributed by atoms with van der Waals surface area (Å²) in [6.45, 7) is 2.30. The zero-order valence-corrected chi connectivity index (χ0v) is 8.84. The molecule has 0 spiro atoms. The molecule has 0 fully saturated rings. The van der Waals surface area contributed by atoms with Crippen LogP contribution in [-0.4, -0.2) is 12.6 Å². The Labute approximate surface area is 87.2 Å². The molecular formula is C11H12O2S. The Hall–Kier alpha value is -1.09. The van der Waals surface area contributed by atoms with Gasteiger partial charge in [-0.2, -0.15) is 0 Å². The first-order valence-corrected chi connectivity index (χ1v) is 5.61. The SMILES string of the molecule is CCOC(=O)C1CC=Cc2ccsc21. The molecule has 0 N–H and O–H groups in total. The van der Waals surface area contributed by atoms with Gasteiger partial charge in [-0.25, -0.2) is 0 Å². The van der Waals surface area contributed by atoms with Crippen LogP contribution in [0.1, 0.15) is 29.7 Å². The van der Waals surface area contributed by atoms with Crippen molar-refractivity contribution in [2.45, 2.75) is 19.3 Å². The third kappa shape index (κ3) is 1.60. The topological polar surface area (TPSA) is 26.3 Å². The fraction of sp³-hybridized carbons (Fsp3) is 0.364. The van der Waals surface area contributed by atoms with Gasteiger partial charge in [0.2, 0.25) is 0 Å². The van der Waals surface area contributed by atoms with Gasteiger partial charge >= 0.3 is 5.97 Å². The first-order valence-electron chi connectivity index (χ1n) is 4.73. The zero-order chi connectivity index (χ0) is 9.97. The predicted molar refractivity (Wildman–Crippen MR) is 57.3 cm³/mol. The van der Waals surface area contributed by atoms with E-state index in [2.05, 4.69) is 6.08 Å². The molecule has 1 heterocycles. The van der Waals surface area contributed by atoms with Crippen molar-refractivity contribution in [2.75, 3.05) is 6.61 Å². The number of rotatable bonds is 2. The number of hydrogen-bond donors (Lipinski definition) is 0. The number of ether oxygens (including phenoxy) is 1. The van der Waals surface area contributed by atoms with Gasteiger partial charge in [0.05, 0.1) is 12.5 Å². The second kappa shape index (κ2) is 3.96. The Bertz CT molecular complexity index is 365. The molecule has 1 atom stereocenters. The van der Waals surface area contributed by atoms with Gasteiger partial charge in [-0.3, -0.25) is 4.79 Å². The van der Waals surface area contributed by atoms with Crippen LogP contribution in [0.2, 0.25) is 0 Å². The molecule has 0 saturated carbocycles. The van der Waals surface area contributed by atoms with Gasteiger partial charge in [-0.1, -0.05) is 12.2 Å². The van der Waals surface area contributed by atoms with E-state index in [-0.39, 0.29) is 11.9 Å². The average Bonchev–Trinajstić information content (AvgIpc) is 2.65. The Morgan fingerprint density at radius 2 is 2.57 bits per heavy atom. The normalized spacial score (nSPS) is 19.1. The molecule has 2 rings (SSSR count). The van der Waals surface area contributed by atoms with Crippen LogP contribution < -0.4 is 0 Å². The number of carbonyl (C=O) groups excluding carboxylic acids is 1. The lowest BCUT2D eigenvalue weighted by Gasteiger charge is -2.16. The second-order valence-corrected chi connectivity index (χ2v) is 4.13. The second-order valence-electron chi connectivity index (χ2n) is 3.18. The Balaban J connectivity index is 2.24. The monoisotopic (exact) mass is 208 g/mol. The summed E-state index contributed by atoms with van der Waals surface area (Å²) >= 11 is 1.64. The standard InChI is InChI=1S/C11H12O2S/c1-2-13-11(12)9-5-3-4-8-6-7-14-10(8)9/h3-4,6-7,9H,2,5H2,1H3. The van der Waals surface area contributed by atoms with Crippen LogP contribution in [-0.2, 0) is 9.53 Å². The molecule has 0 amide bonds. The summed E-state index contributed by atoms with van der Waals surface area (Å²) < 4.78 is 5.04. The van der Waals surface area contributed by atoms with Crippen LogP contribution in [0, 0.1) is 0 Å². The molecule has 14 heavy (non-hydrogen) atoms. The van der Waals surface area contributed by atoms with E-state index in [0.717, 1.165) is 11.3 Å². The first-order chi connectivity index (χ1) is 6.83. The number of carbonyl (C=O) groups is 1. The molecule has 0 radical (unpaired) electrons. The maximum Gasteiger partial charge on any atom is 0.314 e. The van der Waals surface area contributed by atoms with Crippen molar-refractivity contribution in [1.82, 2.24) is 0 Å². The van der Waals surface area contributed by atoms with Crippen molar-refractivity contribution in [3.63, 3.8) is 0 Å². The third-order valence-corrected chi connectivity index (χ3v) is 3.33. The Morgan fingerprint density at radius 1 is 1.71 bits per heavy atom. The van der Waals surface area contributed by atoms with Gasteiger partial charge in [-0.05, 0) is 30.4 Å². The third-order valence-electron chi connectivity index (χ3n) is 2.28. The van der Waals surface area contributed by atoms with Crippen LogP contribution in [0.15, 0.2) is 17.5 Å². The smallest absolute Gasteiger partial charge is 0.314 e. The fourth-order valence-electron chi connectivity index (χ4n) is 1.64. The van der Waals surface area contributed by atoms with Gasteiger partial charge in [-0.15, -0.1) is 11.3 Å². The van der Waals surface area contributed by atoms with Crippen molar-refractivity contribution >= 4 is 23.4 Å². The van der Waals surface area contributed by atoms with Gasteiger partial charge in [0.25, 0.3) is 0 Å². The molecule has 0 aromatic carbocycles. The van der Waals surface area contributed by atoms with Crippen LogP contribution >= 0.6 is 11.3 Å². The number of hydrogen-bond acceptors (Lipinski definition) is 3. The van der Waals surface area contributed by atoms with E-state index in [1.807, 2.05) is 24.4 Å². The Kier molecular flexibility index (Phi) is 2.68. The van der Waals surface area contributed by atoms with Crippen LogP contribution in [0.3, 0.4) is 0 Å². The highest BCUT2D eigenvalue weighted by Crippen LogP contribution is 2.34. The van der Waals surface area contributed by atoms with Gasteiger partial charge in [0.1, 0.15) is 0 Å². The van der Waals surface area contributed by atoms with E-state index < -0.39 is 0 Å². The molecule has 0 bridgehead atoms. The van der Waals surface area contributed by atoms with Crippen molar-refractivity contribution in [1.29, 1.82) is 0 Å². The van der Waals surface area contributed by atoms with E-state index in [4.69, 9.17) is 4.74 Å². The molecule has 1 aromatic rings. The maximum absolute atomic E-state index is 11.6. The lowest BCUT2D eigenvalue weighted by atomic mass is 9.95. The van der Waals surface area contributed by atoms with Gasteiger partial charge in [0.15, 0.2) is 0 Å². The van der Waals surface area contributed by atoms with E-state index in [0.29, 0.717) is 6.61 Å². The minimum Gasteiger partial charge on any atom is -0.465 e. The highest BCUT2D eigenvalue weighted by Gasteiger charge is 2.26. The van der Waals surface area contributed by atoms with Crippen LogP contribution in [0.25, 0.3) is 6.08 Å². The zero-order valence-electron chi connectivity index (χ0n) is 8.03.